The Morgan fingerprint density at radius 2 is 2.33 bits per heavy atom. The van der Waals surface area contributed by atoms with Crippen LogP contribution in [0.25, 0.3) is 0 Å². The highest BCUT2D eigenvalue weighted by molar-refractivity contribution is 7.98. The predicted molar refractivity (Wildman–Crippen MR) is 70.3 cm³/mol. The molecule has 0 radical (unpaired) electrons. The Morgan fingerprint density at radius 1 is 1.56 bits per heavy atom. The molecule has 2 N–H and O–H groups in total. The van der Waals surface area contributed by atoms with Crippen LogP contribution >= 0.6 is 11.8 Å². The number of rotatable bonds is 4. The van der Waals surface area contributed by atoms with Crippen molar-refractivity contribution in [2.75, 3.05) is 5.73 Å². The van der Waals surface area contributed by atoms with Gasteiger partial charge in [0.2, 0.25) is 0 Å². The molecule has 0 atom stereocenters. The number of anilines is 1. The lowest BCUT2D eigenvalue weighted by Crippen LogP contribution is -1.99. The summed E-state index contributed by atoms with van der Waals surface area (Å²) in [6.07, 6.45) is 3.64. The van der Waals surface area contributed by atoms with Gasteiger partial charge in [-0.2, -0.15) is 5.10 Å². The van der Waals surface area contributed by atoms with Crippen LogP contribution in [0, 0.1) is 10.1 Å². The monoisotopic (exact) mass is 264 g/mol. The molecular weight excluding hydrogens is 252 g/mol. The van der Waals surface area contributed by atoms with Gasteiger partial charge in [0.15, 0.2) is 0 Å². The molecular formula is C11H12N4O2S. The maximum absolute atomic E-state index is 10.8. The van der Waals surface area contributed by atoms with Crippen LogP contribution in [0.4, 0.5) is 11.4 Å². The summed E-state index contributed by atoms with van der Waals surface area (Å²) in [5.41, 5.74) is 6.73. The molecule has 0 spiro atoms. The molecule has 6 nitrogen and oxygen atoms in total. The average Bonchev–Trinajstić information content (AvgIpc) is 2.73. The van der Waals surface area contributed by atoms with E-state index >= 15 is 0 Å². The maximum Gasteiger partial charge on any atom is 0.292 e. The zero-order chi connectivity index (χ0) is 13.1. The molecule has 1 aromatic carbocycles. The lowest BCUT2D eigenvalue weighted by Gasteiger charge is -2.04. The van der Waals surface area contributed by atoms with Gasteiger partial charge < -0.3 is 5.73 Å². The lowest BCUT2D eigenvalue weighted by atomic mass is 10.2. The number of nitrogens with zero attached hydrogens (tertiary/aromatic N) is 3. The predicted octanol–water partition coefficient (Wildman–Crippen LogP) is 2.20. The summed E-state index contributed by atoms with van der Waals surface area (Å²) in [5.74, 6) is 0.583. The van der Waals surface area contributed by atoms with Crippen LogP contribution in [0.15, 0.2) is 35.5 Å². The van der Waals surface area contributed by atoms with Gasteiger partial charge in [0.1, 0.15) is 5.69 Å². The summed E-state index contributed by atoms with van der Waals surface area (Å²) in [7, 11) is 1.84. The number of nitro benzene ring substituents is 1. The number of aryl methyl sites for hydroxylation is 1. The van der Waals surface area contributed by atoms with E-state index < -0.39 is 4.92 Å². The van der Waals surface area contributed by atoms with Crippen LogP contribution in [0.2, 0.25) is 0 Å². The minimum absolute atomic E-state index is 0.0423. The van der Waals surface area contributed by atoms with Gasteiger partial charge in [0.25, 0.3) is 5.69 Å². The van der Waals surface area contributed by atoms with Crippen LogP contribution in [0.5, 0.6) is 0 Å². The van der Waals surface area contributed by atoms with Crippen molar-refractivity contribution in [2.45, 2.75) is 10.6 Å². The first-order chi connectivity index (χ1) is 8.58. The summed E-state index contributed by atoms with van der Waals surface area (Å²) in [6, 6.07) is 4.85. The highest BCUT2D eigenvalue weighted by Crippen LogP contribution is 2.30. The molecule has 94 valence electrons. The van der Waals surface area contributed by atoms with Crippen molar-refractivity contribution in [3.8, 4) is 0 Å². The first-order valence-electron chi connectivity index (χ1n) is 5.21. The molecule has 2 rings (SSSR count). The highest BCUT2D eigenvalue weighted by Gasteiger charge is 2.14. The standard InChI is InChI=1S/C11H12N4O2S/c1-14-6-9(5-13-14)18-7-8-3-2-4-10(11(8)12)15(16)17/h2-6H,7,12H2,1H3. The van der Waals surface area contributed by atoms with Crippen molar-refractivity contribution in [1.29, 1.82) is 0 Å². The summed E-state index contributed by atoms with van der Waals surface area (Å²) >= 11 is 1.54. The molecule has 0 aliphatic rings. The van der Waals surface area contributed by atoms with E-state index in [4.69, 9.17) is 5.73 Å². The Balaban J connectivity index is 2.14. The number of para-hydroxylation sites is 1. The van der Waals surface area contributed by atoms with Gasteiger partial charge in [-0.25, -0.2) is 0 Å². The largest absolute Gasteiger partial charge is 0.393 e. The first kappa shape index (κ1) is 12.4. The second kappa shape index (κ2) is 5.09. The quantitative estimate of drug-likeness (QED) is 0.396. The fourth-order valence-electron chi connectivity index (χ4n) is 1.52. The fraction of sp³-hybridized carbons (Fsp3) is 0.182. The number of thioether (sulfide) groups is 1. The molecule has 0 aliphatic heterocycles. The Kier molecular flexibility index (Phi) is 3.52. The lowest BCUT2D eigenvalue weighted by molar-refractivity contribution is -0.383. The van der Waals surface area contributed by atoms with Gasteiger partial charge in [-0.15, -0.1) is 11.8 Å². The van der Waals surface area contributed by atoms with Gasteiger partial charge in [0, 0.05) is 30.0 Å². The number of aromatic nitrogens is 2. The van der Waals surface area contributed by atoms with E-state index in [2.05, 4.69) is 5.10 Å². The Hall–Kier alpha value is -2.02. The van der Waals surface area contributed by atoms with E-state index in [0.717, 1.165) is 10.5 Å². The van der Waals surface area contributed by atoms with Gasteiger partial charge >= 0.3 is 0 Å². The third kappa shape index (κ3) is 2.62. The molecule has 2 aromatic rings. The minimum Gasteiger partial charge on any atom is -0.393 e. The molecule has 1 heterocycles. The highest BCUT2D eigenvalue weighted by atomic mass is 32.2. The normalized spacial score (nSPS) is 10.5. The maximum atomic E-state index is 10.8. The molecule has 0 bridgehead atoms. The zero-order valence-corrected chi connectivity index (χ0v) is 10.6. The van der Waals surface area contributed by atoms with Crippen molar-refractivity contribution >= 4 is 23.1 Å². The van der Waals surface area contributed by atoms with Crippen molar-refractivity contribution in [3.63, 3.8) is 0 Å². The Morgan fingerprint density at radius 3 is 2.94 bits per heavy atom. The fourth-order valence-corrected chi connectivity index (χ4v) is 2.44. The van der Waals surface area contributed by atoms with Crippen LogP contribution in [-0.2, 0) is 12.8 Å². The zero-order valence-electron chi connectivity index (χ0n) is 9.74. The first-order valence-corrected chi connectivity index (χ1v) is 6.19. The smallest absolute Gasteiger partial charge is 0.292 e. The molecule has 7 heteroatoms. The summed E-state index contributed by atoms with van der Waals surface area (Å²) < 4.78 is 1.71. The SMILES string of the molecule is Cn1cc(SCc2cccc([N+](=O)[O-])c2N)cn1. The molecule has 18 heavy (non-hydrogen) atoms. The summed E-state index contributed by atoms with van der Waals surface area (Å²) in [6.45, 7) is 0. The van der Waals surface area contributed by atoms with Gasteiger partial charge in [-0.1, -0.05) is 12.1 Å². The average molecular weight is 264 g/mol. The van der Waals surface area contributed by atoms with E-state index in [9.17, 15) is 10.1 Å². The van der Waals surface area contributed by atoms with Crippen molar-refractivity contribution in [2.24, 2.45) is 7.05 Å². The molecule has 0 amide bonds. The number of hydrogen-bond donors (Lipinski definition) is 1. The van der Waals surface area contributed by atoms with Crippen LogP contribution in [0.1, 0.15) is 5.56 Å². The molecule has 0 unspecified atom stereocenters. The minimum atomic E-state index is -0.465. The van der Waals surface area contributed by atoms with Gasteiger partial charge in [0.05, 0.1) is 11.1 Å². The Bertz CT molecular complexity index is 582. The summed E-state index contributed by atoms with van der Waals surface area (Å²) in [5, 5.41) is 14.8. The number of nitrogens with two attached hydrogens (primary N) is 1. The van der Waals surface area contributed by atoms with E-state index in [1.54, 1.807) is 34.8 Å². The van der Waals surface area contributed by atoms with E-state index in [1.807, 2.05) is 13.2 Å². The Labute approximate surface area is 108 Å². The van der Waals surface area contributed by atoms with Crippen molar-refractivity contribution in [3.05, 3.63) is 46.3 Å². The van der Waals surface area contributed by atoms with Gasteiger partial charge in [-0.05, 0) is 5.56 Å². The van der Waals surface area contributed by atoms with Crippen molar-refractivity contribution in [1.82, 2.24) is 9.78 Å². The number of benzene rings is 1. The topological polar surface area (TPSA) is 87.0 Å². The molecule has 0 fully saturated rings. The molecule has 0 saturated carbocycles. The molecule has 0 saturated heterocycles. The number of nitro groups is 1. The molecule has 0 aliphatic carbocycles. The third-order valence-corrected chi connectivity index (χ3v) is 3.45. The van der Waals surface area contributed by atoms with Crippen LogP contribution in [-0.4, -0.2) is 14.7 Å². The second-order valence-electron chi connectivity index (χ2n) is 3.75. The van der Waals surface area contributed by atoms with Gasteiger partial charge in [-0.3, -0.25) is 14.8 Å². The van der Waals surface area contributed by atoms with E-state index in [0.29, 0.717) is 5.75 Å². The number of hydrogen-bond acceptors (Lipinski definition) is 5. The number of nitrogen functional groups attached to an aromatic ring is 1. The van der Waals surface area contributed by atoms with Crippen molar-refractivity contribution < 1.29 is 4.92 Å². The summed E-state index contributed by atoms with van der Waals surface area (Å²) in [4.78, 5) is 11.3. The van der Waals surface area contributed by atoms with Crippen LogP contribution in [0.3, 0.4) is 0 Å². The molecule has 1 aromatic heterocycles. The second-order valence-corrected chi connectivity index (χ2v) is 4.79. The van der Waals surface area contributed by atoms with E-state index in [-0.39, 0.29) is 11.4 Å². The van der Waals surface area contributed by atoms with Crippen LogP contribution < -0.4 is 5.73 Å². The third-order valence-electron chi connectivity index (χ3n) is 2.45. The van der Waals surface area contributed by atoms with E-state index in [1.165, 1.54) is 6.07 Å².